The highest BCUT2D eigenvalue weighted by Gasteiger charge is 2.31. The van der Waals surface area contributed by atoms with E-state index in [1.165, 1.54) is 11.8 Å². The van der Waals surface area contributed by atoms with Crippen LogP contribution >= 0.6 is 0 Å². The van der Waals surface area contributed by atoms with Gasteiger partial charge in [-0.05, 0) is 19.8 Å². The van der Waals surface area contributed by atoms with Gasteiger partial charge in [0.05, 0.1) is 27.4 Å². The van der Waals surface area contributed by atoms with Gasteiger partial charge in [-0.2, -0.15) is 0 Å². The molecule has 0 saturated carbocycles. The first-order valence-corrected chi connectivity index (χ1v) is 7.24. The molecule has 2 rings (SSSR count). The molecule has 2 N–H and O–H groups in total. The van der Waals surface area contributed by atoms with Gasteiger partial charge in [-0.25, -0.2) is 0 Å². The summed E-state index contributed by atoms with van der Waals surface area (Å²) in [7, 11) is 0. The van der Waals surface area contributed by atoms with Crippen LogP contribution in [0.25, 0.3) is 0 Å². The second-order valence-corrected chi connectivity index (χ2v) is 5.64. The zero-order chi connectivity index (χ0) is 18.0. The summed E-state index contributed by atoms with van der Waals surface area (Å²) >= 11 is 0. The number of nitrogens with zero attached hydrogens (tertiary/aromatic N) is 3. The van der Waals surface area contributed by atoms with Gasteiger partial charge in [0.2, 0.25) is 5.91 Å². The monoisotopic (exact) mass is 336 g/mol. The summed E-state index contributed by atoms with van der Waals surface area (Å²) in [5.74, 6) is -1.59. The summed E-state index contributed by atoms with van der Waals surface area (Å²) in [6, 6.07) is 1.85. The van der Waals surface area contributed by atoms with Crippen molar-refractivity contribution in [2.45, 2.75) is 19.8 Å². The van der Waals surface area contributed by atoms with Crippen LogP contribution in [0.1, 0.15) is 28.8 Å². The third kappa shape index (κ3) is 3.31. The molecule has 0 radical (unpaired) electrons. The lowest BCUT2D eigenvalue weighted by atomic mass is 9.96. The first kappa shape index (κ1) is 17.3. The topological polar surface area (TPSA) is 150 Å². The number of benzene rings is 1. The van der Waals surface area contributed by atoms with Crippen LogP contribution in [0.2, 0.25) is 0 Å². The van der Waals surface area contributed by atoms with Crippen LogP contribution in [0, 0.1) is 33.1 Å². The van der Waals surface area contributed by atoms with Crippen LogP contribution < -0.4 is 5.73 Å². The van der Waals surface area contributed by atoms with E-state index >= 15 is 0 Å². The third-order valence-corrected chi connectivity index (χ3v) is 4.11. The lowest BCUT2D eigenvalue weighted by Crippen LogP contribution is -2.44. The quantitative estimate of drug-likeness (QED) is 0.643. The Labute approximate surface area is 136 Å². The Bertz CT molecular complexity index is 732. The molecule has 24 heavy (non-hydrogen) atoms. The van der Waals surface area contributed by atoms with Gasteiger partial charge < -0.3 is 10.6 Å². The fourth-order valence-electron chi connectivity index (χ4n) is 2.77. The number of piperidine rings is 1. The van der Waals surface area contributed by atoms with Crippen molar-refractivity contribution in [3.8, 4) is 0 Å². The SMILES string of the molecule is Cc1c(C(=O)N2CCCC(C(N)=O)C2)cc([N+](=O)[O-])cc1[N+](=O)[O-]. The molecular weight excluding hydrogens is 320 g/mol. The number of hydrogen-bond donors (Lipinski definition) is 1. The first-order valence-electron chi connectivity index (χ1n) is 7.24. The number of rotatable bonds is 4. The molecule has 1 aliphatic rings. The van der Waals surface area contributed by atoms with Gasteiger partial charge in [-0.3, -0.25) is 29.8 Å². The van der Waals surface area contributed by atoms with Gasteiger partial charge in [0, 0.05) is 24.7 Å². The van der Waals surface area contributed by atoms with Crippen molar-refractivity contribution < 1.29 is 19.4 Å². The van der Waals surface area contributed by atoms with Crippen LogP contribution in [0.3, 0.4) is 0 Å². The number of carbonyl (C=O) groups is 2. The van der Waals surface area contributed by atoms with Gasteiger partial charge >= 0.3 is 0 Å². The van der Waals surface area contributed by atoms with E-state index in [-0.39, 0.29) is 17.7 Å². The van der Waals surface area contributed by atoms with E-state index in [0.29, 0.717) is 19.4 Å². The molecule has 0 spiro atoms. The molecule has 10 nitrogen and oxygen atoms in total. The van der Waals surface area contributed by atoms with Crippen molar-refractivity contribution in [1.29, 1.82) is 0 Å². The van der Waals surface area contributed by atoms with Gasteiger partial charge in [0.1, 0.15) is 0 Å². The molecule has 1 saturated heterocycles. The number of primary amides is 1. The Morgan fingerprint density at radius 1 is 1.25 bits per heavy atom. The molecular formula is C14H16N4O6. The highest BCUT2D eigenvalue weighted by Crippen LogP contribution is 2.29. The second kappa shape index (κ2) is 6.60. The van der Waals surface area contributed by atoms with E-state index in [9.17, 15) is 29.8 Å². The summed E-state index contributed by atoms with van der Waals surface area (Å²) in [5.41, 5.74) is 4.19. The summed E-state index contributed by atoms with van der Waals surface area (Å²) in [6.45, 7) is 1.83. The van der Waals surface area contributed by atoms with Crippen molar-refractivity contribution in [3.63, 3.8) is 0 Å². The van der Waals surface area contributed by atoms with E-state index in [2.05, 4.69) is 0 Å². The van der Waals surface area contributed by atoms with Gasteiger partial charge in [0.25, 0.3) is 17.3 Å². The molecule has 0 aliphatic carbocycles. The van der Waals surface area contributed by atoms with Crippen LogP contribution in [0.15, 0.2) is 12.1 Å². The van der Waals surface area contributed by atoms with E-state index in [1.54, 1.807) is 0 Å². The number of nitro groups is 2. The number of amides is 2. The number of nitrogens with two attached hydrogens (primary N) is 1. The summed E-state index contributed by atoms with van der Waals surface area (Å²) in [4.78, 5) is 45.9. The molecule has 0 bridgehead atoms. The molecule has 0 aromatic heterocycles. The Balaban J connectivity index is 2.43. The Morgan fingerprint density at radius 3 is 2.46 bits per heavy atom. The first-order chi connectivity index (χ1) is 11.2. The molecule has 2 amide bonds. The predicted octanol–water partition coefficient (Wildman–Crippen LogP) is 1.15. The minimum absolute atomic E-state index is 0.0526. The third-order valence-electron chi connectivity index (χ3n) is 4.11. The zero-order valence-corrected chi connectivity index (χ0v) is 12.9. The smallest absolute Gasteiger partial charge is 0.279 e. The van der Waals surface area contributed by atoms with Crippen LogP contribution in [-0.2, 0) is 4.79 Å². The van der Waals surface area contributed by atoms with E-state index < -0.39 is 39.0 Å². The van der Waals surface area contributed by atoms with Gasteiger partial charge in [-0.15, -0.1) is 0 Å². The maximum atomic E-state index is 12.7. The fraction of sp³-hybridized carbons (Fsp3) is 0.429. The average Bonchev–Trinajstić information content (AvgIpc) is 2.54. The Kier molecular flexibility index (Phi) is 4.77. The van der Waals surface area contributed by atoms with Gasteiger partial charge in [-0.1, -0.05) is 0 Å². The molecule has 1 aliphatic heterocycles. The summed E-state index contributed by atoms with van der Waals surface area (Å²) in [6.07, 6.45) is 1.13. The van der Waals surface area contributed by atoms with E-state index in [4.69, 9.17) is 5.73 Å². The standard InChI is InChI=1S/C14H16N4O6/c1-8-11(5-10(17(21)22)6-12(8)18(23)24)14(20)16-4-2-3-9(7-16)13(15)19/h5-6,9H,2-4,7H2,1H3,(H2,15,19). The minimum atomic E-state index is -0.786. The molecule has 1 aromatic rings. The average molecular weight is 336 g/mol. The molecule has 128 valence electrons. The molecule has 10 heteroatoms. The van der Waals surface area contributed by atoms with Crippen molar-refractivity contribution >= 4 is 23.2 Å². The van der Waals surface area contributed by atoms with Crippen LogP contribution in [0.5, 0.6) is 0 Å². The minimum Gasteiger partial charge on any atom is -0.369 e. The molecule has 1 fully saturated rings. The summed E-state index contributed by atoms with van der Waals surface area (Å²) < 4.78 is 0. The highest BCUT2D eigenvalue weighted by atomic mass is 16.6. The van der Waals surface area contributed by atoms with Crippen LogP contribution in [-0.4, -0.2) is 39.7 Å². The largest absolute Gasteiger partial charge is 0.369 e. The molecule has 1 atom stereocenters. The number of carbonyl (C=O) groups excluding carboxylic acids is 2. The van der Waals surface area contributed by atoms with Crippen molar-refractivity contribution in [1.82, 2.24) is 4.90 Å². The lowest BCUT2D eigenvalue weighted by molar-refractivity contribution is -0.394. The maximum Gasteiger partial charge on any atom is 0.279 e. The Hall–Kier alpha value is -3.04. The fourth-order valence-corrected chi connectivity index (χ4v) is 2.77. The number of likely N-dealkylation sites (tertiary alicyclic amines) is 1. The van der Waals surface area contributed by atoms with Gasteiger partial charge in [0.15, 0.2) is 0 Å². The second-order valence-electron chi connectivity index (χ2n) is 5.64. The normalized spacial score (nSPS) is 17.4. The predicted molar refractivity (Wildman–Crippen MR) is 82.3 cm³/mol. The summed E-state index contributed by atoms with van der Waals surface area (Å²) in [5, 5.41) is 22.1. The molecule has 1 heterocycles. The van der Waals surface area contributed by atoms with Crippen molar-refractivity contribution in [2.75, 3.05) is 13.1 Å². The molecule has 1 unspecified atom stereocenters. The highest BCUT2D eigenvalue weighted by molar-refractivity contribution is 5.97. The Morgan fingerprint density at radius 2 is 1.92 bits per heavy atom. The van der Waals surface area contributed by atoms with Crippen molar-refractivity contribution in [2.24, 2.45) is 11.7 Å². The zero-order valence-electron chi connectivity index (χ0n) is 12.9. The maximum absolute atomic E-state index is 12.7. The number of hydrogen-bond acceptors (Lipinski definition) is 6. The van der Waals surface area contributed by atoms with E-state index in [1.807, 2.05) is 0 Å². The number of nitro benzene ring substituents is 2. The lowest BCUT2D eigenvalue weighted by Gasteiger charge is -2.31. The molecule has 1 aromatic carbocycles. The van der Waals surface area contributed by atoms with Crippen molar-refractivity contribution in [3.05, 3.63) is 43.5 Å². The van der Waals surface area contributed by atoms with Crippen LogP contribution in [0.4, 0.5) is 11.4 Å². The van der Waals surface area contributed by atoms with E-state index in [0.717, 1.165) is 12.1 Å². The number of non-ortho nitro benzene ring substituents is 1.